The van der Waals surface area contributed by atoms with Crippen LogP contribution in [0.2, 0.25) is 0 Å². The van der Waals surface area contributed by atoms with Gasteiger partial charge in [-0.05, 0) is 6.07 Å². The quantitative estimate of drug-likeness (QED) is 0.686. The Hall–Kier alpha value is -2.40. The molecule has 2 aromatic heterocycles. The summed E-state index contributed by atoms with van der Waals surface area (Å²) in [4.78, 5) is 21.8. The van der Waals surface area contributed by atoms with Gasteiger partial charge in [-0.2, -0.15) is 5.10 Å². The number of nitrogens with zero attached hydrogens (tertiary/aromatic N) is 2. The lowest BCUT2D eigenvalue weighted by Gasteiger charge is -2.03. The van der Waals surface area contributed by atoms with Crippen molar-refractivity contribution in [1.82, 2.24) is 15.1 Å². The van der Waals surface area contributed by atoms with Crippen LogP contribution in [0.15, 0.2) is 28.7 Å². The first kappa shape index (κ1) is 16.0. The predicted octanol–water partition coefficient (Wildman–Crippen LogP) is 0.190. The molecule has 118 valence electrons. The van der Waals surface area contributed by atoms with Crippen molar-refractivity contribution < 1.29 is 23.1 Å². The number of carboxylic acids is 1. The van der Waals surface area contributed by atoms with Crippen molar-refractivity contribution in [3.63, 3.8) is 0 Å². The Bertz CT molecular complexity index is 808. The Morgan fingerprint density at radius 1 is 1.45 bits per heavy atom. The molecule has 0 aliphatic carbocycles. The molecule has 0 fully saturated rings. The summed E-state index contributed by atoms with van der Waals surface area (Å²) in [5.41, 5.74) is 0.173. The molecule has 11 heteroatoms. The number of rotatable bonds is 6. The molecule has 0 aliphatic rings. The third-order valence-electron chi connectivity index (χ3n) is 2.57. The highest BCUT2D eigenvalue weighted by Crippen LogP contribution is 2.21. The third kappa shape index (κ3) is 3.62. The Balaban J connectivity index is 2.14. The number of carboxylic acid groups (broad SMARTS) is 1. The number of likely N-dealkylation sites (N-methyl/N-ethyl adjacent to an activating group) is 1. The first-order chi connectivity index (χ1) is 10.3. The molecule has 0 spiro atoms. The Morgan fingerprint density at radius 3 is 2.77 bits per heavy atom. The van der Waals surface area contributed by atoms with Crippen molar-refractivity contribution in [2.45, 2.75) is 11.4 Å². The van der Waals surface area contributed by atoms with Gasteiger partial charge in [-0.15, -0.1) is 11.3 Å². The van der Waals surface area contributed by atoms with Gasteiger partial charge in [-0.3, -0.25) is 14.2 Å². The van der Waals surface area contributed by atoms with Crippen LogP contribution in [0.3, 0.4) is 0 Å². The second-order valence-corrected chi connectivity index (χ2v) is 6.75. The number of nitrogens with one attached hydrogen (secondary N) is 2. The standard InChI is InChI=1S/C11H12N4O5S2/c1-12-10(16)5-15-4-7(3-13-15)14-22(19,20)8-2-9(11(17)18)21-6-8/h2-4,6,14H,5H2,1H3,(H,12,16)(H,17,18). The molecular formula is C11H12N4O5S2. The van der Waals surface area contributed by atoms with Crippen molar-refractivity contribution >= 4 is 38.9 Å². The molecule has 2 rings (SSSR count). The van der Waals surface area contributed by atoms with Crippen LogP contribution in [0.1, 0.15) is 9.67 Å². The van der Waals surface area contributed by atoms with Crippen LogP contribution in [0, 0.1) is 0 Å². The van der Waals surface area contributed by atoms with Crippen LogP contribution in [0.5, 0.6) is 0 Å². The minimum Gasteiger partial charge on any atom is -0.477 e. The maximum Gasteiger partial charge on any atom is 0.345 e. The van der Waals surface area contributed by atoms with Crippen molar-refractivity contribution in [3.8, 4) is 0 Å². The van der Waals surface area contributed by atoms with Gasteiger partial charge in [0, 0.05) is 18.6 Å². The molecule has 3 N–H and O–H groups in total. The van der Waals surface area contributed by atoms with Crippen molar-refractivity contribution in [3.05, 3.63) is 28.7 Å². The molecule has 0 unspecified atom stereocenters. The molecule has 2 heterocycles. The average molecular weight is 344 g/mol. The number of thiophene rings is 1. The van der Waals surface area contributed by atoms with E-state index in [4.69, 9.17) is 5.11 Å². The van der Waals surface area contributed by atoms with Gasteiger partial charge in [-0.25, -0.2) is 13.2 Å². The highest BCUT2D eigenvalue weighted by molar-refractivity contribution is 7.92. The SMILES string of the molecule is CNC(=O)Cn1cc(NS(=O)(=O)c2csc(C(=O)O)c2)cn1. The summed E-state index contributed by atoms with van der Waals surface area (Å²) in [6.07, 6.45) is 2.61. The number of sulfonamides is 1. The first-order valence-electron chi connectivity index (χ1n) is 5.89. The fourth-order valence-electron chi connectivity index (χ4n) is 1.51. The largest absolute Gasteiger partial charge is 0.477 e. The molecule has 2 aromatic rings. The van der Waals surface area contributed by atoms with Gasteiger partial charge >= 0.3 is 5.97 Å². The van der Waals surface area contributed by atoms with Gasteiger partial charge in [0.15, 0.2) is 0 Å². The smallest absolute Gasteiger partial charge is 0.345 e. The van der Waals surface area contributed by atoms with Crippen molar-refractivity contribution in [1.29, 1.82) is 0 Å². The zero-order chi connectivity index (χ0) is 16.3. The van der Waals surface area contributed by atoms with E-state index in [1.807, 2.05) is 0 Å². The highest BCUT2D eigenvalue weighted by Gasteiger charge is 2.19. The van der Waals surface area contributed by atoms with E-state index in [0.717, 1.165) is 17.4 Å². The Labute approximate surface area is 129 Å². The van der Waals surface area contributed by atoms with Crippen LogP contribution < -0.4 is 10.0 Å². The molecule has 0 saturated heterocycles. The molecular weight excluding hydrogens is 332 g/mol. The van der Waals surface area contributed by atoms with Crippen molar-refractivity contribution in [2.75, 3.05) is 11.8 Å². The van der Waals surface area contributed by atoms with Crippen LogP contribution in [0.25, 0.3) is 0 Å². The van der Waals surface area contributed by atoms with Gasteiger partial charge in [0.05, 0.1) is 16.8 Å². The maximum atomic E-state index is 12.1. The molecule has 0 saturated carbocycles. The molecule has 1 amide bonds. The third-order valence-corrected chi connectivity index (χ3v) is 4.99. The number of aromatic nitrogens is 2. The molecule has 0 aromatic carbocycles. The molecule has 0 atom stereocenters. The molecule has 9 nitrogen and oxygen atoms in total. The number of hydrogen-bond donors (Lipinski definition) is 3. The summed E-state index contributed by atoms with van der Waals surface area (Å²) < 4.78 is 27.8. The van der Waals surface area contributed by atoms with E-state index in [1.165, 1.54) is 29.5 Å². The van der Waals surface area contributed by atoms with Crippen LogP contribution in [-0.2, 0) is 21.4 Å². The molecule has 0 radical (unpaired) electrons. The fraction of sp³-hybridized carbons (Fsp3) is 0.182. The van der Waals surface area contributed by atoms with Crippen molar-refractivity contribution in [2.24, 2.45) is 0 Å². The second-order valence-electron chi connectivity index (χ2n) is 4.16. The number of amides is 1. The van der Waals surface area contributed by atoms with E-state index in [-0.39, 0.29) is 27.9 Å². The van der Waals surface area contributed by atoms with E-state index in [9.17, 15) is 18.0 Å². The summed E-state index contributed by atoms with van der Waals surface area (Å²) in [5, 5.41) is 16.3. The summed E-state index contributed by atoms with van der Waals surface area (Å²) in [7, 11) is -2.43. The summed E-state index contributed by atoms with van der Waals surface area (Å²) >= 11 is 0.819. The monoisotopic (exact) mass is 344 g/mol. The van der Waals surface area contributed by atoms with Gasteiger partial charge in [0.25, 0.3) is 10.0 Å². The number of aromatic carboxylic acids is 1. The fourth-order valence-corrected chi connectivity index (χ4v) is 3.65. The van der Waals surface area contributed by atoms with E-state index in [0.29, 0.717) is 0 Å². The summed E-state index contributed by atoms with van der Waals surface area (Å²) in [6.45, 7) is -0.0418. The Morgan fingerprint density at radius 2 is 2.18 bits per heavy atom. The minimum atomic E-state index is -3.90. The van der Waals surface area contributed by atoms with Gasteiger partial charge in [-0.1, -0.05) is 0 Å². The van der Waals surface area contributed by atoms with Gasteiger partial charge in [0.2, 0.25) is 5.91 Å². The molecule has 0 bridgehead atoms. The lowest BCUT2D eigenvalue weighted by atomic mass is 10.5. The average Bonchev–Trinajstić information content (AvgIpc) is 3.07. The van der Waals surface area contributed by atoms with Crippen LogP contribution in [0.4, 0.5) is 5.69 Å². The highest BCUT2D eigenvalue weighted by atomic mass is 32.2. The van der Waals surface area contributed by atoms with Crippen LogP contribution >= 0.6 is 11.3 Å². The summed E-state index contributed by atoms with van der Waals surface area (Å²) in [5.74, 6) is -1.47. The summed E-state index contributed by atoms with van der Waals surface area (Å²) in [6, 6.07) is 1.07. The first-order valence-corrected chi connectivity index (χ1v) is 8.26. The lowest BCUT2D eigenvalue weighted by molar-refractivity contribution is -0.121. The number of carbonyl (C=O) groups is 2. The predicted molar refractivity (Wildman–Crippen MR) is 78.4 cm³/mol. The number of anilines is 1. The van der Waals surface area contributed by atoms with Crippen LogP contribution in [-0.4, -0.2) is 42.2 Å². The number of hydrogen-bond acceptors (Lipinski definition) is 6. The normalized spacial score (nSPS) is 11.1. The lowest BCUT2D eigenvalue weighted by Crippen LogP contribution is -2.23. The van der Waals surface area contributed by atoms with E-state index < -0.39 is 16.0 Å². The topological polar surface area (TPSA) is 130 Å². The molecule has 22 heavy (non-hydrogen) atoms. The number of carbonyl (C=O) groups excluding carboxylic acids is 1. The molecule has 0 aliphatic heterocycles. The zero-order valence-corrected chi connectivity index (χ0v) is 12.9. The van der Waals surface area contributed by atoms with Gasteiger partial charge < -0.3 is 10.4 Å². The minimum absolute atomic E-state index is 0.0418. The van der Waals surface area contributed by atoms with E-state index >= 15 is 0 Å². The second kappa shape index (κ2) is 6.15. The Kier molecular flexibility index (Phi) is 4.47. The maximum absolute atomic E-state index is 12.1. The van der Waals surface area contributed by atoms with Gasteiger partial charge in [0.1, 0.15) is 11.4 Å². The van der Waals surface area contributed by atoms with E-state index in [2.05, 4.69) is 15.1 Å². The zero-order valence-electron chi connectivity index (χ0n) is 11.3. The van der Waals surface area contributed by atoms with E-state index in [1.54, 1.807) is 0 Å².